The van der Waals surface area contributed by atoms with E-state index in [2.05, 4.69) is 38.0 Å². The number of amides is 1. The molecule has 0 unspecified atom stereocenters. The molecule has 0 atom stereocenters. The van der Waals surface area contributed by atoms with Crippen LogP contribution in [0, 0.1) is 19.8 Å². The van der Waals surface area contributed by atoms with Crippen LogP contribution < -0.4 is 5.32 Å². The SMILES string of the molecule is Cc1cccc(-n2nnc(C(=O)NCC3CCN(Cc4cccs4)CC3)c2C)c1. The Bertz CT molecular complexity index is 958. The van der Waals surface area contributed by atoms with Gasteiger partial charge in [0.15, 0.2) is 5.69 Å². The minimum atomic E-state index is -0.137. The molecule has 4 rings (SSSR count). The van der Waals surface area contributed by atoms with Crippen LogP contribution in [0.2, 0.25) is 0 Å². The zero-order chi connectivity index (χ0) is 20.2. The van der Waals surface area contributed by atoms with E-state index in [1.807, 2.05) is 49.4 Å². The number of likely N-dealkylation sites (tertiary alicyclic amines) is 1. The first-order chi connectivity index (χ1) is 14.1. The fourth-order valence-electron chi connectivity index (χ4n) is 3.84. The number of hydrogen-bond acceptors (Lipinski definition) is 5. The van der Waals surface area contributed by atoms with Crippen LogP contribution in [-0.4, -0.2) is 45.4 Å². The number of rotatable bonds is 6. The third-order valence-electron chi connectivity index (χ3n) is 5.57. The Morgan fingerprint density at radius 1 is 1.21 bits per heavy atom. The zero-order valence-corrected chi connectivity index (χ0v) is 17.8. The van der Waals surface area contributed by atoms with Crippen LogP contribution in [0.25, 0.3) is 5.69 Å². The molecule has 0 saturated carbocycles. The second-order valence-electron chi connectivity index (χ2n) is 7.78. The Labute approximate surface area is 175 Å². The predicted octanol–water partition coefficient (Wildman–Crippen LogP) is 3.59. The van der Waals surface area contributed by atoms with Crippen molar-refractivity contribution < 1.29 is 4.79 Å². The first kappa shape index (κ1) is 19.8. The van der Waals surface area contributed by atoms with Crippen LogP contribution in [0.4, 0.5) is 0 Å². The normalized spacial score (nSPS) is 15.5. The molecule has 1 aliphatic rings. The van der Waals surface area contributed by atoms with Crippen LogP contribution in [0.15, 0.2) is 41.8 Å². The number of carbonyl (C=O) groups excluding carboxylic acids is 1. The molecule has 1 saturated heterocycles. The number of aromatic nitrogens is 3. The molecule has 1 aromatic carbocycles. The van der Waals surface area contributed by atoms with E-state index in [0.29, 0.717) is 18.2 Å². The van der Waals surface area contributed by atoms with E-state index in [9.17, 15) is 4.79 Å². The van der Waals surface area contributed by atoms with Gasteiger partial charge in [0.25, 0.3) is 5.91 Å². The largest absolute Gasteiger partial charge is 0.350 e. The average Bonchev–Trinajstić information content (AvgIpc) is 3.37. The molecule has 3 heterocycles. The highest BCUT2D eigenvalue weighted by Gasteiger charge is 2.22. The van der Waals surface area contributed by atoms with Gasteiger partial charge in [0.05, 0.1) is 11.4 Å². The van der Waals surface area contributed by atoms with E-state index in [0.717, 1.165) is 49.4 Å². The molecule has 1 N–H and O–H groups in total. The number of hydrogen-bond donors (Lipinski definition) is 1. The Balaban J connectivity index is 1.29. The minimum Gasteiger partial charge on any atom is -0.350 e. The molecule has 1 aliphatic heterocycles. The van der Waals surface area contributed by atoms with Crippen LogP contribution in [0.5, 0.6) is 0 Å². The Kier molecular flexibility index (Phi) is 6.06. The highest BCUT2D eigenvalue weighted by molar-refractivity contribution is 7.09. The lowest BCUT2D eigenvalue weighted by atomic mass is 9.96. The van der Waals surface area contributed by atoms with Crippen molar-refractivity contribution in [3.63, 3.8) is 0 Å². The Morgan fingerprint density at radius 2 is 2.03 bits per heavy atom. The van der Waals surface area contributed by atoms with Crippen molar-refractivity contribution in [2.24, 2.45) is 5.92 Å². The summed E-state index contributed by atoms with van der Waals surface area (Å²) in [6.45, 7) is 7.83. The number of thiophene rings is 1. The van der Waals surface area contributed by atoms with Crippen molar-refractivity contribution in [1.82, 2.24) is 25.2 Å². The monoisotopic (exact) mass is 409 g/mol. The van der Waals surface area contributed by atoms with Gasteiger partial charge in [-0.05, 0) is 74.8 Å². The standard InChI is InChI=1S/C22H27N5OS/c1-16-5-3-6-19(13-16)27-17(2)21(24-25-27)22(28)23-14-18-8-10-26(11-9-18)15-20-7-4-12-29-20/h3-7,12-13,18H,8-11,14-15H2,1-2H3,(H,23,28). The van der Waals surface area contributed by atoms with Gasteiger partial charge in [0.1, 0.15) is 0 Å². The molecule has 7 heteroatoms. The summed E-state index contributed by atoms with van der Waals surface area (Å²) in [5.74, 6) is 0.382. The van der Waals surface area contributed by atoms with E-state index in [4.69, 9.17) is 0 Å². The molecular weight excluding hydrogens is 382 g/mol. The summed E-state index contributed by atoms with van der Waals surface area (Å²) in [6.07, 6.45) is 2.22. The van der Waals surface area contributed by atoms with E-state index in [-0.39, 0.29) is 5.91 Å². The van der Waals surface area contributed by atoms with Gasteiger partial charge >= 0.3 is 0 Å². The molecule has 2 aromatic heterocycles. The number of nitrogens with one attached hydrogen (secondary N) is 1. The lowest BCUT2D eigenvalue weighted by Crippen LogP contribution is -2.38. The summed E-state index contributed by atoms with van der Waals surface area (Å²) >= 11 is 1.82. The zero-order valence-electron chi connectivity index (χ0n) is 17.0. The number of piperidine rings is 1. The van der Waals surface area contributed by atoms with Gasteiger partial charge in [-0.25, -0.2) is 4.68 Å². The lowest BCUT2D eigenvalue weighted by molar-refractivity contribution is 0.0929. The molecule has 29 heavy (non-hydrogen) atoms. The van der Waals surface area contributed by atoms with Gasteiger partial charge in [-0.15, -0.1) is 16.4 Å². The van der Waals surface area contributed by atoms with Crippen molar-refractivity contribution in [2.75, 3.05) is 19.6 Å². The molecule has 0 radical (unpaired) electrons. The van der Waals surface area contributed by atoms with Crippen molar-refractivity contribution in [3.8, 4) is 5.69 Å². The van der Waals surface area contributed by atoms with Crippen molar-refractivity contribution in [1.29, 1.82) is 0 Å². The second-order valence-corrected chi connectivity index (χ2v) is 8.82. The van der Waals surface area contributed by atoms with Gasteiger partial charge in [-0.2, -0.15) is 0 Å². The van der Waals surface area contributed by atoms with E-state index >= 15 is 0 Å². The van der Waals surface area contributed by atoms with Crippen LogP contribution in [0.1, 0.15) is 39.5 Å². The predicted molar refractivity (Wildman–Crippen MR) is 115 cm³/mol. The lowest BCUT2D eigenvalue weighted by Gasteiger charge is -2.31. The van der Waals surface area contributed by atoms with Crippen molar-refractivity contribution in [3.05, 3.63) is 63.6 Å². The fraction of sp³-hybridized carbons (Fsp3) is 0.409. The second kappa shape index (κ2) is 8.88. The third-order valence-corrected chi connectivity index (χ3v) is 6.44. The molecule has 1 amide bonds. The maximum atomic E-state index is 12.7. The maximum absolute atomic E-state index is 12.7. The maximum Gasteiger partial charge on any atom is 0.273 e. The molecule has 152 valence electrons. The molecule has 0 spiro atoms. The summed E-state index contributed by atoms with van der Waals surface area (Å²) in [7, 11) is 0. The highest BCUT2D eigenvalue weighted by atomic mass is 32.1. The Morgan fingerprint density at radius 3 is 2.76 bits per heavy atom. The van der Waals surface area contributed by atoms with Gasteiger partial charge in [-0.1, -0.05) is 23.4 Å². The van der Waals surface area contributed by atoms with Crippen molar-refractivity contribution in [2.45, 2.75) is 33.2 Å². The first-order valence-electron chi connectivity index (χ1n) is 10.1. The van der Waals surface area contributed by atoms with Gasteiger partial charge in [-0.3, -0.25) is 9.69 Å². The minimum absolute atomic E-state index is 0.137. The fourth-order valence-corrected chi connectivity index (χ4v) is 4.58. The summed E-state index contributed by atoms with van der Waals surface area (Å²) < 4.78 is 1.73. The molecule has 3 aromatic rings. The summed E-state index contributed by atoms with van der Waals surface area (Å²) in [5, 5.41) is 13.5. The number of benzene rings is 1. The molecular formula is C22H27N5OS. The van der Waals surface area contributed by atoms with Crippen molar-refractivity contribution >= 4 is 17.2 Å². The van der Waals surface area contributed by atoms with E-state index < -0.39 is 0 Å². The van der Waals surface area contributed by atoms with Crippen LogP contribution >= 0.6 is 11.3 Å². The summed E-state index contributed by atoms with van der Waals surface area (Å²) in [6, 6.07) is 12.3. The van der Waals surface area contributed by atoms with E-state index in [1.165, 1.54) is 4.88 Å². The highest BCUT2D eigenvalue weighted by Crippen LogP contribution is 2.20. The smallest absolute Gasteiger partial charge is 0.273 e. The van der Waals surface area contributed by atoms with Crippen LogP contribution in [-0.2, 0) is 6.54 Å². The van der Waals surface area contributed by atoms with Gasteiger partial charge in [0, 0.05) is 18.0 Å². The average molecular weight is 410 g/mol. The molecule has 1 fully saturated rings. The summed E-state index contributed by atoms with van der Waals surface area (Å²) in [5.41, 5.74) is 3.24. The van der Waals surface area contributed by atoms with Crippen LogP contribution in [0.3, 0.4) is 0 Å². The number of carbonyl (C=O) groups is 1. The molecule has 6 nitrogen and oxygen atoms in total. The van der Waals surface area contributed by atoms with Gasteiger partial charge in [0.2, 0.25) is 0 Å². The van der Waals surface area contributed by atoms with E-state index in [1.54, 1.807) is 4.68 Å². The number of aryl methyl sites for hydroxylation is 1. The molecule has 0 bridgehead atoms. The third kappa shape index (κ3) is 4.74. The molecule has 0 aliphatic carbocycles. The van der Waals surface area contributed by atoms with Gasteiger partial charge < -0.3 is 5.32 Å². The topological polar surface area (TPSA) is 63.1 Å². The first-order valence-corrected chi connectivity index (χ1v) is 11.0. The Hall–Kier alpha value is -2.51. The summed E-state index contributed by atoms with van der Waals surface area (Å²) in [4.78, 5) is 16.6. The quantitative estimate of drug-likeness (QED) is 0.676. The number of nitrogens with zero attached hydrogens (tertiary/aromatic N) is 4.